The molecule has 0 saturated carbocycles. The van der Waals surface area contributed by atoms with Gasteiger partial charge in [-0.1, -0.05) is 0 Å². The van der Waals surface area contributed by atoms with Crippen molar-refractivity contribution in [2.45, 2.75) is 13.5 Å². The second-order valence-corrected chi connectivity index (χ2v) is 4.84. The number of nitrogens with one attached hydrogen (secondary N) is 1. The second kappa shape index (κ2) is 5.15. The van der Waals surface area contributed by atoms with Gasteiger partial charge in [0.2, 0.25) is 0 Å². The zero-order chi connectivity index (χ0) is 13.1. The van der Waals surface area contributed by atoms with Crippen LogP contribution in [0.5, 0.6) is 0 Å². The summed E-state index contributed by atoms with van der Waals surface area (Å²) in [5.41, 5.74) is 0.985. The van der Waals surface area contributed by atoms with Crippen LogP contribution in [0.3, 0.4) is 0 Å². The van der Waals surface area contributed by atoms with E-state index in [-0.39, 0.29) is 11.3 Å². The van der Waals surface area contributed by atoms with Gasteiger partial charge in [-0.15, -0.1) is 11.3 Å². The third-order valence-electron chi connectivity index (χ3n) is 2.48. The van der Waals surface area contributed by atoms with E-state index in [1.165, 1.54) is 18.3 Å². The lowest BCUT2D eigenvalue weighted by atomic mass is 10.2. The molecule has 2 nitrogen and oxygen atoms in total. The largest absolute Gasteiger partial charge is 0.378 e. The molecule has 1 heterocycles. The Morgan fingerprint density at radius 2 is 2.06 bits per heavy atom. The van der Waals surface area contributed by atoms with Crippen LogP contribution in [0.2, 0.25) is 0 Å². The number of thiophene rings is 1. The number of aryl methyl sites for hydroxylation is 1. The highest BCUT2D eigenvalue weighted by Gasteiger charge is 2.07. The van der Waals surface area contributed by atoms with Crippen LogP contribution in [0, 0.1) is 29.9 Å². The lowest BCUT2D eigenvalue weighted by Gasteiger charge is -2.07. The highest BCUT2D eigenvalue weighted by molar-refractivity contribution is 7.10. The van der Waals surface area contributed by atoms with Gasteiger partial charge in [0.05, 0.1) is 11.3 Å². The summed E-state index contributed by atoms with van der Waals surface area (Å²) in [5.74, 6) is -0.922. The molecule has 1 aromatic heterocycles. The average molecular weight is 264 g/mol. The fourth-order valence-corrected chi connectivity index (χ4v) is 2.25. The maximum atomic E-state index is 13.5. The van der Waals surface area contributed by atoms with Crippen LogP contribution in [0.4, 0.5) is 14.5 Å². The zero-order valence-electron chi connectivity index (χ0n) is 9.63. The minimum atomic E-state index is -0.481. The normalized spacial score (nSPS) is 10.1. The van der Waals surface area contributed by atoms with Gasteiger partial charge in [0.25, 0.3) is 0 Å². The maximum Gasteiger partial charge on any atom is 0.146 e. The van der Waals surface area contributed by atoms with E-state index < -0.39 is 11.6 Å². The predicted molar refractivity (Wildman–Crippen MR) is 67.5 cm³/mol. The van der Waals surface area contributed by atoms with E-state index in [1.807, 2.05) is 6.07 Å². The summed E-state index contributed by atoms with van der Waals surface area (Å²) in [5, 5.41) is 13.2. The van der Waals surface area contributed by atoms with E-state index >= 15 is 0 Å². The molecule has 0 amide bonds. The Morgan fingerprint density at radius 3 is 2.72 bits per heavy atom. The van der Waals surface area contributed by atoms with E-state index in [1.54, 1.807) is 11.4 Å². The van der Waals surface area contributed by atoms with Gasteiger partial charge >= 0.3 is 0 Å². The van der Waals surface area contributed by atoms with Crippen molar-refractivity contribution in [1.82, 2.24) is 0 Å². The molecule has 0 saturated heterocycles. The first-order valence-electron chi connectivity index (χ1n) is 5.27. The minimum absolute atomic E-state index is 0.130. The number of hydrogen-bond acceptors (Lipinski definition) is 3. The average Bonchev–Trinajstić information content (AvgIpc) is 2.80. The number of hydrogen-bond donors (Lipinski definition) is 1. The number of nitrogens with zero attached hydrogens (tertiary/aromatic N) is 1. The van der Waals surface area contributed by atoms with Gasteiger partial charge in [-0.2, -0.15) is 5.26 Å². The van der Waals surface area contributed by atoms with Crippen LogP contribution in [0.25, 0.3) is 0 Å². The molecule has 18 heavy (non-hydrogen) atoms. The van der Waals surface area contributed by atoms with Crippen molar-refractivity contribution in [2.24, 2.45) is 0 Å². The molecule has 1 aromatic carbocycles. The van der Waals surface area contributed by atoms with E-state index in [0.717, 1.165) is 17.0 Å². The molecule has 0 aliphatic rings. The van der Waals surface area contributed by atoms with Crippen molar-refractivity contribution in [1.29, 1.82) is 5.26 Å². The molecule has 5 heteroatoms. The lowest BCUT2D eigenvalue weighted by Crippen LogP contribution is -2.01. The molecule has 0 fully saturated rings. The standard InChI is InChI=1S/C13H10F2N2S/c1-8-2-12(15)13(4-11(8)14)17-6-10-3-9(5-16)7-18-10/h2-4,7,17H,6H2,1H3. The molecule has 2 aromatic rings. The van der Waals surface area contributed by atoms with E-state index in [2.05, 4.69) is 5.32 Å². The smallest absolute Gasteiger partial charge is 0.146 e. The highest BCUT2D eigenvalue weighted by Crippen LogP contribution is 2.21. The third kappa shape index (κ3) is 2.66. The fourth-order valence-electron chi connectivity index (χ4n) is 1.50. The summed E-state index contributed by atoms with van der Waals surface area (Å²) >= 11 is 1.41. The number of anilines is 1. The number of rotatable bonds is 3. The van der Waals surface area contributed by atoms with Gasteiger partial charge in [0.15, 0.2) is 0 Å². The summed E-state index contributed by atoms with van der Waals surface area (Å²) in [6, 6.07) is 6.05. The number of halogens is 2. The second-order valence-electron chi connectivity index (χ2n) is 3.85. The van der Waals surface area contributed by atoms with Crippen LogP contribution in [0.1, 0.15) is 16.0 Å². The van der Waals surface area contributed by atoms with E-state index in [0.29, 0.717) is 12.1 Å². The molecule has 0 atom stereocenters. The molecule has 0 radical (unpaired) electrons. The van der Waals surface area contributed by atoms with Crippen LogP contribution < -0.4 is 5.32 Å². The van der Waals surface area contributed by atoms with Gasteiger partial charge in [0, 0.05) is 22.9 Å². The third-order valence-corrected chi connectivity index (χ3v) is 3.42. The SMILES string of the molecule is Cc1cc(F)c(NCc2cc(C#N)cs2)cc1F. The first kappa shape index (κ1) is 12.5. The van der Waals surface area contributed by atoms with Crippen LogP contribution >= 0.6 is 11.3 Å². The molecular weight excluding hydrogens is 254 g/mol. The summed E-state index contributed by atoms with van der Waals surface area (Å²) in [6.07, 6.45) is 0. The first-order chi connectivity index (χ1) is 8.60. The Labute approximate surface area is 107 Å². The Bertz CT molecular complexity index is 614. The Hall–Kier alpha value is -1.93. The van der Waals surface area contributed by atoms with Gasteiger partial charge in [-0.3, -0.25) is 0 Å². The maximum absolute atomic E-state index is 13.5. The molecule has 1 N–H and O–H groups in total. The van der Waals surface area contributed by atoms with E-state index in [9.17, 15) is 8.78 Å². The summed E-state index contributed by atoms with van der Waals surface area (Å²) in [4.78, 5) is 0.895. The van der Waals surface area contributed by atoms with Crippen molar-refractivity contribution in [3.8, 4) is 6.07 Å². The highest BCUT2D eigenvalue weighted by atomic mass is 32.1. The predicted octanol–water partition coefficient (Wildman–Crippen LogP) is 3.82. The minimum Gasteiger partial charge on any atom is -0.378 e. The summed E-state index contributed by atoms with van der Waals surface area (Å²) in [7, 11) is 0. The molecule has 92 valence electrons. The van der Waals surface area contributed by atoms with Gasteiger partial charge in [-0.25, -0.2) is 8.78 Å². The monoisotopic (exact) mass is 264 g/mol. The summed E-state index contributed by atoms with van der Waals surface area (Å²) < 4.78 is 26.8. The van der Waals surface area contributed by atoms with Crippen molar-refractivity contribution >= 4 is 17.0 Å². The first-order valence-corrected chi connectivity index (χ1v) is 6.15. The van der Waals surface area contributed by atoms with Crippen LogP contribution in [-0.4, -0.2) is 0 Å². The zero-order valence-corrected chi connectivity index (χ0v) is 10.4. The van der Waals surface area contributed by atoms with Crippen LogP contribution in [-0.2, 0) is 6.54 Å². The van der Waals surface area contributed by atoms with Crippen LogP contribution in [0.15, 0.2) is 23.6 Å². The van der Waals surface area contributed by atoms with Crippen molar-refractivity contribution in [3.05, 3.63) is 51.2 Å². The van der Waals surface area contributed by atoms with Crippen molar-refractivity contribution in [2.75, 3.05) is 5.32 Å². The Kier molecular flexibility index (Phi) is 3.58. The number of benzene rings is 1. The van der Waals surface area contributed by atoms with Gasteiger partial charge in [0.1, 0.15) is 17.7 Å². The fraction of sp³-hybridized carbons (Fsp3) is 0.154. The van der Waals surface area contributed by atoms with Crippen molar-refractivity contribution in [3.63, 3.8) is 0 Å². The Morgan fingerprint density at radius 1 is 1.28 bits per heavy atom. The summed E-state index contributed by atoms with van der Waals surface area (Å²) in [6.45, 7) is 1.88. The van der Waals surface area contributed by atoms with E-state index in [4.69, 9.17) is 5.26 Å². The molecular formula is C13H10F2N2S. The molecule has 2 rings (SSSR count). The van der Waals surface area contributed by atoms with Gasteiger partial charge in [-0.05, 0) is 24.6 Å². The Balaban J connectivity index is 2.11. The molecule has 0 aliphatic carbocycles. The topological polar surface area (TPSA) is 35.8 Å². The quantitative estimate of drug-likeness (QED) is 0.914. The molecule has 0 bridgehead atoms. The molecule has 0 aliphatic heterocycles. The van der Waals surface area contributed by atoms with Crippen molar-refractivity contribution < 1.29 is 8.78 Å². The number of nitriles is 1. The molecule has 0 unspecified atom stereocenters. The molecule has 0 spiro atoms. The lowest BCUT2D eigenvalue weighted by molar-refractivity contribution is 0.594. The van der Waals surface area contributed by atoms with Gasteiger partial charge < -0.3 is 5.32 Å².